The van der Waals surface area contributed by atoms with Crippen molar-refractivity contribution in [2.24, 2.45) is 17.8 Å². The third-order valence-corrected chi connectivity index (χ3v) is 6.94. The Kier molecular flexibility index (Phi) is 22.4. The summed E-state index contributed by atoms with van der Waals surface area (Å²) < 4.78 is 12.7. The van der Waals surface area contributed by atoms with E-state index in [0.29, 0.717) is 17.8 Å². The van der Waals surface area contributed by atoms with Gasteiger partial charge in [-0.05, 0) is 84.5 Å². The van der Waals surface area contributed by atoms with Gasteiger partial charge in [0, 0.05) is 19.1 Å². The van der Waals surface area contributed by atoms with Gasteiger partial charge in [0.25, 0.3) is 0 Å². The maximum Gasteiger partial charge on any atom is 0.160 e. The van der Waals surface area contributed by atoms with Gasteiger partial charge >= 0.3 is 0 Å². The van der Waals surface area contributed by atoms with Crippen LogP contribution in [0.5, 0.6) is 0 Å². The van der Waals surface area contributed by atoms with Gasteiger partial charge in [-0.25, -0.2) is 0 Å². The van der Waals surface area contributed by atoms with Crippen molar-refractivity contribution < 1.29 is 9.47 Å². The summed E-state index contributed by atoms with van der Waals surface area (Å²) in [6.45, 7) is 19.7. The molecule has 0 heterocycles. The van der Waals surface area contributed by atoms with E-state index < -0.39 is 0 Å². The average molecular weight is 479 g/mol. The molecule has 2 heteroatoms. The van der Waals surface area contributed by atoms with Crippen LogP contribution in [-0.2, 0) is 9.47 Å². The molecule has 0 bridgehead atoms. The van der Waals surface area contributed by atoms with Crippen LogP contribution in [0.3, 0.4) is 0 Å². The lowest BCUT2D eigenvalue weighted by Crippen LogP contribution is -2.27. The average Bonchev–Trinajstić information content (AvgIpc) is 2.76. The second-order valence-corrected chi connectivity index (χ2v) is 11.5. The van der Waals surface area contributed by atoms with E-state index in [9.17, 15) is 0 Å². The zero-order valence-corrected chi connectivity index (χ0v) is 24.6. The van der Waals surface area contributed by atoms with Gasteiger partial charge in [-0.1, -0.05) is 95.9 Å². The van der Waals surface area contributed by atoms with Gasteiger partial charge in [-0.2, -0.15) is 0 Å². The lowest BCUT2D eigenvalue weighted by atomic mass is 10.00. The van der Waals surface area contributed by atoms with Crippen LogP contribution in [-0.4, -0.2) is 19.5 Å². The highest BCUT2D eigenvalue weighted by Crippen LogP contribution is 2.21. The fourth-order valence-electron chi connectivity index (χ4n) is 4.31. The lowest BCUT2D eigenvalue weighted by molar-refractivity contribution is -0.174. The smallest absolute Gasteiger partial charge is 0.160 e. The lowest BCUT2D eigenvalue weighted by Gasteiger charge is -2.26. The summed E-state index contributed by atoms with van der Waals surface area (Å²) in [6, 6.07) is 0. The van der Waals surface area contributed by atoms with Gasteiger partial charge in [0.05, 0.1) is 0 Å². The normalized spacial score (nSPS) is 14.9. The molecule has 3 atom stereocenters. The number of hydrogen-bond acceptors (Lipinski definition) is 2. The number of hydrogen-bond donors (Lipinski definition) is 0. The molecule has 0 saturated heterocycles. The largest absolute Gasteiger partial charge is 0.352 e. The summed E-state index contributed by atoms with van der Waals surface area (Å²) in [4.78, 5) is 0. The fourth-order valence-corrected chi connectivity index (χ4v) is 4.31. The predicted molar refractivity (Wildman–Crippen MR) is 152 cm³/mol. The van der Waals surface area contributed by atoms with Crippen LogP contribution in [0.15, 0.2) is 23.3 Å². The number of rotatable bonds is 23. The summed E-state index contributed by atoms with van der Waals surface area (Å²) in [7, 11) is 0. The van der Waals surface area contributed by atoms with Crippen molar-refractivity contribution >= 4 is 0 Å². The minimum Gasteiger partial charge on any atom is -0.352 e. The quantitative estimate of drug-likeness (QED) is 0.0825. The van der Waals surface area contributed by atoms with Gasteiger partial charge in [0.15, 0.2) is 6.29 Å². The van der Waals surface area contributed by atoms with E-state index in [1.54, 1.807) is 0 Å². The number of allylic oxidation sites excluding steroid dienone is 4. The monoisotopic (exact) mass is 478 g/mol. The highest BCUT2D eigenvalue weighted by Gasteiger charge is 2.19. The molecule has 0 saturated carbocycles. The first-order chi connectivity index (χ1) is 16.3. The Hall–Kier alpha value is -0.600. The third-order valence-electron chi connectivity index (χ3n) is 6.94. The second-order valence-electron chi connectivity index (χ2n) is 11.5. The van der Waals surface area contributed by atoms with E-state index in [1.165, 1.54) is 88.2 Å². The van der Waals surface area contributed by atoms with Crippen LogP contribution in [0.1, 0.15) is 145 Å². The SMILES string of the molecule is CCCCCCCCCC(C)C(OCCC(C)CCC=C(C)C)OCCC(C)CCC=C(C)C. The molecule has 0 aliphatic carbocycles. The first kappa shape index (κ1) is 33.4. The standard InChI is InChI=1S/C32H62O2/c1-9-10-11-12-13-14-15-22-31(8)32(33-25-23-29(6)20-16-18-27(2)3)34-26-24-30(7)21-17-19-28(4)5/h18-19,29-32H,9-17,20-26H2,1-8H3. The van der Waals surface area contributed by atoms with Crippen LogP contribution in [0.25, 0.3) is 0 Å². The number of unbranched alkanes of at least 4 members (excludes halogenated alkanes) is 6. The van der Waals surface area contributed by atoms with Crippen molar-refractivity contribution in [1.82, 2.24) is 0 Å². The molecule has 34 heavy (non-hydrogen) atoms. The minimum absolute atomic E-state index is 0.0462. The van der Waals surface area contributed by atoms with Gasteiger partial charge in [-0.15, -0.1) is 0 Å². The molecule has 2 nitrogen and oxygen atoms in total. The Balaban J connectivity index is 4.43. The molecule has 3 unspecified atom stereocenters. The molecule has 0 aromatic heterocycles. The molecule has 0 radical (unpaired) electrons. The summed E-state index contributed by atoms with van der Waals surface area (Å²) in [5.74, 6) is 1.87. The van der Waals surface area contributed by atoms with Gasteiger partial charge in [-0.3, -0.25) is 0 Å². The second kappa shape index (κ2) is 22.8. The zero-order valence-electron chi connectivity index (χ0n) is 24.6. The first-order valence-corrected chi connectivity index (χ1v) is 14.8. The number of ether oxygens (including phenoxy) is 2. The van der Waals surface area contributed by atoms with Gasteiger partial charge in [0.2, 0.25) is 0 Å². The van der Waals surface area contributed by atoms with Crippen molar-refractivity contribution in [3.8, 4) is 0 Å². The van der Waals surface area contributed by atoms with E-state index in [1.807, 2.05) is 0 Å². The molecule has 0 N–H and O–H groups in total. The maximum absolute atomic E-state index is 6.36. The molecule has 0 amide bonds. The van der Waals surface area contributed by atoms with Crippen molar-refractivity contribution in [2.75, 3.05) is 13.2 Å². The first-order valence-electron chi connectivity index (χ1n) is 14.8. The maximum atomic E-state index is 6.36. The van der Waals surface area contributed by atoms with E-state index in [0.717, 1.165) is 26.1 Å². The molecule has 0 spiro atoms. The Morgan fingerprint density at radius 3 is 1.47 bits per heavy atom. The van der Waals surface area contributed by atoms with Crippen LogP contribution in [0, 0.1) is 17.8 Å². The minimum atomic E-state index is -0.0462. The Morgan fingerprint density at radius 1 is 0.588 bits per heavy atom. The van der Waals surface area contributed by atoms with Crippen molar-refractivity contribution in [1.29, 1.82) is 0 Å². The third kappa shape index (κ3) is 21.9. The van der Waals surface area contributed by atoms with Crippen LogP contribution in [0.4, 0.5) is 0 Å². The molecule has 0 aliphatic rings. The summed E-state index contributed by atoms with van der Waals surface area (Å²) in [6.07, 6.45) is 22.5. The predicted octanol–water partition coefficient (Wildman–Crippen LogP) is 10.7. The topological polar surface area (TPSA) is 18.5 Å². The fraction of sp³-hybridized carbons (Fsp3) is 0.875. The summed E-state index contributed by atoms with van der Waals surface area (Å²) in [5.41, 5.74) is 2.84. The molecule has 0 fully saturated rings. The van der Waals surface area contributed by atoms with E-state index in [-0.39, 0.29) is 6.29 Å². The molecular formula is C32H62O2. The van der Waals surface area contributed by atoms with Gasteiger partial charge in [0.1, 0.15) is 0 Å². The Bertz CT molecular complexity index is 465. The van der Waals surface area contributed by atoms with Gasteiger partial charge < -0.3 is 9.47 Å². The van der Waals surface area contributed by atoms with Crippen LogP contribution >= 0.6 is 0 Å². The zero-order chi connectivity index (χ0) is 25.6. The molecule has 0 aromatic carbocycles. The molecule has 0 rings (SSSR count). The van der Waals surface area contributed by atoms with Crippen molar-refractivity contribution in [3.05, 3.63) is 23.3 Å². The van der Waals surface area contributed by atoms with E-state index >= 15 is 0 Å². The van der Waals surface area contributed by atoms with Crippen LogP contribution < -0.4 is 0 Å². The van der Waals surface area contributed by atoms with Crippen molar-refractivity contribution in [3.63, 3.8) is 0 Å². The summed E-state index contributed by atoms with van der Waals surface area (Å²) >= 11 is 0. The van der Waals surface area contributed by atoms with E-state index in [2.05, 4.69) is 67.5 Å². The van der Waals surface area contributed by atoms with Crippen molar-refractivity contribution in [2.45, 2.75) is 152 Å². The highest BCUT2D eigenvalue weighted by atomic mass is 16.7. The molecule has 202 valence electrons. The summed E-state index contributed by atoms with van der Waals surface area (Å²) in [5, 5.41) is 0. The van der Waals surface area contributed by atoms with Crippen LogP contribution in [0.2, 0.25) is 0 Å². The molecular weight excluding hydrogens is 416 g/mol. The molecule has 0 aliphatic heterocycles. The highest BCUT2D eigenvalue weighted by molar-refractivity contribution is 4.93. The van der Waals surface area contributed by atoms with E-state index in [4.69, 9.17) is 9.47 Å². The Morgan fingerprint density at radius 2 is 1.03 bits per heavy atom. The Labute approximate surface area is 215 Å². The molecule has 0 aromatic rings.